The first-order valence-electron chi connectivity index (χ1n) is 11.7. The maximum Gasteiger partial charge on any atom is 0.145 e. The zero-order chi connectivity index (χ0) is 22.5. The van der Waals surface area contributed by atoms with E-state index in [4.69, 9.17) is 4.98 Å². The second kappa shape index (κ2) is 7.60. The van der Waals surface area contributed by atoms with Crippen molar-refractivity contribution in [3.05, 3.63) is 133 Å². The highest BCUT2D eigenvalue weighted by molar-refractivity contribution is 5.84. The molecule has 162 valence electrons. The first kappa shape index (κ1) is 19.1. The van der Waals surface area contributed by atoms with Crippen molar-refractivity contribution >= 4 is 22.4 Å². The molecule has 0 radical (unpaired) electrons. The second-order valence-electron chi connectivity index (χ2n) is 8.86. The maximum absolute atomic E-state index is 5.02. The number of anilines is 2. The lowest BCUT2D eigenvalue weighted by molar-refractivity contribution is 0.745. The fraction of sp³-hybridized carbons (Fsp3) is 0.0645. The van der Waals surface area contributed by atoms with Crippen molar-refractivity contribution in [3.8, 4) is 17.1 Å². The molecule has 0 N–H and O–H groups in total. The number of allylic oxidation sites excluding steroid dienone is 2. The lowest BCUT2D eigenvalue weighted by Gasteiger charge is -2.28. The van der Waals surface area contributed by atoms with Gasteiger partial charge in [-0.1, -0.05) is 72.8 Å². The number of rotatable bonds is 3. The topological polar surface area (TPSA) is 21.1 Å². The van der Waals surface area contributed by atoms with Crippen LogP contribution in [0.3, 0.4) is 0 Å². The quantitative estimate of drug-likeness (QED) is 0.293. The Bertz CT molecular complexity index is 1560. The smallest absolute Gasteiger partial charge is 0.145 e. The van der Waals surface area contributed by atoms with Crippen molar-refractivity contribution in [1.82, 2.24) is 9.55 Å². The highest BCUT2D eigenvalue weighted by atomic mass is 15.2. The predicted octanol–water partition coefficient (Wildman–Crippen LogP) is 7.42. The van der Waals surface area contributed by atoms with E-state index in [0.717, 1.165) is 28.1 Å². The zero-order valence-electron chi connectivity index (χ0n) is 18.6. The van der Waals surface area contributed by atoms with Crippen LogP contribution in [0.15, 0.2) is 127 Å². The molecule has 0 saturated carbocycles. The van der Waals surface area contributed by atoms with Crippen molar-refractivity contribution in [2.24, 2.45) is 0 Å². The molecule has 7 rings (SSSR count). The van der Waals surface area contributed by atoms with E-state index in [-0.39, 0.29) is 0 Å². The Morgan fingerprint density at radius 1 is 0.618 bits per heavy atom. The molecule has 0 saturated heterocycles. The van der Waals surface area contributed by atoms with E-state index in [2.05, 4.69) is 125 Å². The van der Waals surface area contributed by atoms with Crippen molar-refractivity contribution in [2.75, 3.05) is 4.90 Å². The molecule has 2 aliphatic rings. The van der Waals surface area contributed by atoms with Gasteiger partial charge >= 0.3 is 0 Å². The zero-order valence-corrected chi connectivity index (χ0v) is 18.6. The SMILES string of the molecule is C1=CC2c3ccccc3N(c3ccc(-c4nc5ccccc5n4-c4ccccc4)cc3)C2C=C1. The van der Waals surface area contributed by atoms with E-state index in [1.807, 2.05) is 12.1 Å². The van der Waals surface area contributed by atoms with Crippen LogP contribution < -0.4 is 4.90 Å². The largest absolute Gasteiger partial charge is 0.333 e. The lowest BCUT2D eigenvalue weighted by Crippen LogP contribution is -2.28. The van der Waals surface area contributed by atoms with Gasteiger partial charge in [0.2, 0.25) is 0 Å². The van der Waals surface area contributed by atoms with Crippen LogP contribution in [0, 0.1) is 0 Å². The summed E-state index contributed by atoms with van der Waals surface area (Å²) in [5.41, 5.74) is 8.22. The minimum Gasteiger partial charge on any atom is -0.333 e. The Labute approximate surface area is 198 Å². The summed E-state index contributed by atoms with van der Waals surface area (Å²) in [7, 11) is 0. The van der Waals surface area contributed by atoms with E-state index in [1.165, 1.54) is 16.9 Å². The fourth-order valence-corrected chi connectivity index (χ4v) is 5.42. The molecule has 1 aliphatic heterocycles. The van der Waals surface area contributed by atoms with E-state index in [0.29, 0.717) is 12.0 Å². The molecule has 0 amide bonds. The first-order chi connectivity index (χ1) is 16.9. The highest BCUT2D eigenvalue weighted by Gasteiger charge is 2.36. The van der Waals surface area contributed by atoms with Gasteiger partial charge < -0.3 is 4.90 Å². The predicted molar refractivity (Wildman–Crippen MR) is 140 cm³/mol. The average Bonchev–Trinajstić information content (AvgIpc) is 3.46. The standard InChI is InChI=1S/C31H23N3/c1-2-10-23(11-3-1)34-30-17-9-6-14-27(30)32-31(34)22-18-20-24(21-19-22)33-28-15-7-4-12-25(28)26-13-5-8-16-29(26)33/h1-21,25,28H. The third-order valence-corrected chi connectivity index (χ3v) is 6.94. The summed E-state index contributed by atoms with van der Waals surface area (Å²) in [5.74, 6) is 1.35. The van der Waals surface area contributed by atoms with Gasteiger partial charge in [0.1, 0.15) is 5.82 Å². The van der Waals surface area contributed by atoms with E-state index >= 15 is 0 Å². The van der Waals surface area contributed by atoms with Gasteiger partial charge in [0, 0.05) is 28.5 Å². The van der Waals surface area contributed by atoms with E-state index in [9.17, 15) is 0 Å². The van der Waals surface area contributed by atoms with Crippen LogP contribution in [0.5, 0.6) is 0 Å². The number of para-hydroxylation sites is 4. The minimum absolute atomic E-state index is 0.308. The molecular weight excluding hydrogens is 414 g/mol. The lowest BCUT2D eigenvalue weighted by atomic mass is 9.91. The van der Waals surface area contributed by atoms with Gasteiger partial charge in [-0.15, -0.1) is 0 Å². The molecule has 2 unspecified atom stereocenters. The van der Waals surface area contributed by atoms with Gasteiger partial charge in [0.15, 0.2) is 0 Å². The summed E-state index contributed by atoms with van der Waals surface area (Å²) in [6.45, 7) is 0. The van der Waals surface area contributed by atoms with Gasteiger partial charge in [0.25, 0.3) is 0 Å². The van der Waals surface area contributed by atoms with Gasteiger partial charge in [-0.2, -0.15) is 0 Å². The van der Waals surface area contributed by atoms with Gasteiger partial charge in [-0.3, -0.25) is 4.57 Å². The Morgan fingerprint density at radius 3 is 2.24 bits per heavy atom. The maximum atomic E-state index is 5.02. The monoisotopic (exact) mass is 437 g/mol. The molecule has 4 aromatic carbocycles. The molecule has 0 spiro atoms. The van der Waals surface area contributed by atoms with E-state index in [1.54, 1.807) is 0 Å². The van der Waals surface area contributed by atoms with Gasteiger partial charge in [-0.05, 0) is 60.2 Å². The third-order valence-electron chi connectivity index (χ3n) is 6.94. The van der Waals surface area contributed by atoms with Crippen LogP contribution >= 0.6 is 0 Å². The first-order valence-corrected chi connectivity index (χ1v) is 11.7. The minimum atomic E-state index is 0.308. The molecule has 1 aromatic heterocycles. The molecule has 3 nitrogen and oxygen atoms in total. The number of hydrogen-bond donors (Lipinski definition) is 0. The Hall–Kier alpha value is -4.37. The highest BCUT2D eigenvalue weighted by Crippen LogP contribution is 2.47. The number of aromatic nitrogens is 2. The summed E-state index contributed by atoms with van der Waals surface area (Å²) < 4.78 is 2.25. The summed E-state index contributed by atoms with van der Waals surface area (Å²) in [6.07, 6.45) is 8.96. The second-order valence-corrected chi connectivity index (χ2v) is 8.86. The van der Waals surface area contributed by atoms with Crippen LogP contribution in [0.1, 0.15) is 11.5 Å². The van der Waals surface area contributed by atoms with Gasteiger partial charge in [0.05, 0.1) is 17.1 Å². The summed E-state index contributed by atoms with van der Waals surface area (Å²) in [5, 5.41) is 0. The number of imidazole rings is 1. The average molecular weight is 438 g/mol. The normalized spacial score (nSPS) is 18.3. The van der Waals surface area contributed by atoms with Crippen LogP contribution in [0.4, 0.5) is 11.4 Å². The van der Waals surface area contributed by atoms with Crippen molar-refractivity contribution in [1.29, 1.82) is 0 Å². The molecule has 0 bridgehead atoms. The summed E-state index contributed by atoms with van der Waals surface area (Å²) in [6, 6.07) is 36.7. The Morgan fingerprint density at radius 2 is 1.35 bits per heavy atom. The number of nitrogens with zero attached hydrogens (tertiary/aromatic N) is 3. The molecule has 3 heteroatoms. The molecule has 0 fully saturated rings. The van der Waals surface area contributed by atoms with E-state index < -0.39 is 0 Å². The Kier molecular flexibility index (Phi) is 4.28. The van der Waals surface area contributed by atoms with Crippen molar-refractivity contribution in [2.45, 2.75) is 12.0 Å². The Balaban J connectivity index is 1.34. The molecule has 2 atom stereocenters. The number of benzene rings is 4. The molecular formula is C31H23N3. The number of hydrogen-bond acceptors (Lipinski definition) is 2. The fourth-order valence-electron chi connectivity index (χ4n) is 5.42. The third kappa shape index (κ3) is 2.87. The van der Waals surface area contributed by atoms with Crippen molar-refractivity contribution in [3.63, 3.8) is 0 Å². The van der Waals surface area contributed by atoms with Crippen LogP contribution in [0.2, 0.25) is 0 Å². The molecule has 34 heavy (non-hydrogen) atoms. The summed E-state index contributed by atoms with van der Waals surface area (Å²) in [4.78, 5) is 7.48. The van der Waals surface area contributed by atoms with Crippen LogP contribution in [-0.2, 0) is 0 Å². The molecule has 5 aromatic rings. The number of fused-ring (bicyclic) bond motifs is 4. The van der Waals surface area contributed by atoms with Crippen LogP contribution in [-0.4, -0.2) is 15.6 Å². The summed E-state index contributed by atoms with van der Waals surface area (Å²) >= 11 is 0. The van der Waals surface area contributed by atoms with Gasteiger partial charge in [-0.25, -0.2) is 4.98 Å². The molecule has 2 heterocycles. The molecule has 1 aliphatic carbocycles. The van der Waals surface area contributed by atoms with Crippen LogP contribution in [0.25, 0.3) is 28.1 Å². The van der Waals surface area contributed by atoms with Crippen molar-refractivity contribution < 1.29 is 0 Å².